The van der Waals surface area contributed by atoms with E-state index in [1.807, 2.05) is 57.1 Å². The van der Waals surface area contributed by atoms with Gasteiger partial charge in [-0.05, 0) is 57.2 Å². The average Bonchev–Trinajstić information content (AvgIpc) is 2.78. The number of alkyl carbamates (subject to hydrolysis) is 1. The molecule has 10 heteroatoms. The highest BCUT2D eigenvalue weighted by atomic mass is 33.1. The zero-order valence-corrected chi connectivity index (χ0v) is 23.8. The Hall–Kier alpha value is -1.54. The van der Waals surface area contributed by atoms with Crippen LogP contribution < -0.4 is 5.32 Å². The number of carbonyl (C=O) groups is 1. The van der Waals surface area contributed by atoms with Gasteiger partial charge in [-0.15, -0.1) is 0 Å². The molecule has 0 radical (unpaired) electrons. The maximum atomic E-state index is 11.7. The minimum atomic E-state index is -0.474. The topological polar surface area (TPSA) is 87.9 Å². The highest BCUT2D eigenvalue weighted by Gasteiger charge is 2.15. The molecular formula is C24H34N4O2S4. The fourth-order valence-corrected chi connectivity index (χ4v) is 6.52. The van der Waals surface area contributed by atoms with Crippen molar-refractivity contribution in [1.29, 1.82) is 5.26 Å². The van der Waals surface area contributed by atoms with Crippen molar-refractivity contribution in [2.75, 3.05) is 18.1 Å². The molecule has 0 aliphatic carbocycles. The maximum Gasteiger partial charge on any atom is 0.407 e. The lowest BCUT2D eigenvalue weighted by Crippen LogP contribution is -2.33. The Bertz CT molecular complexity index is 901. The second kappa shape index (κ2) is 17.8. The first-order valence-electron chi connectivity index (χ1n) is 11.0. The molecule has 0 atom stereocenters. The number of pyridine rings is 2. The molecule has 0 aliphatic rings. The fraction of sp³-hybridized carbons (Fsp3) is 0.500. The first-order chi connectivity index (χ1) is 16.3. The molecule has 1 N–H and O–H groups in total. The molecule has 1 amide bonds. The zero-order valence-electron chi connectivity index (χ0n) is 20.5. The lowest BCUT2D eigenvalue weighted by Gasteiger charge is -2.19. The number of nitrogens with zero attached hydrogens (tertiary/aromatic N) is 3. The van der Waals surface area contributed by atoms with Gasteiger partial charge in [-0.1, -0.05) is 28.5 Å². The minimum absolute atomic E-state index is 0.372. The van der Waals surface area contributed by atoms with Gasteiger partial charge in [0.05, 0.1) is 17.5 Å². The number of carbonyl (C=O) groups excluding carboxylic acids is 1. The molecule has 0 bridgehead atoms. The van der Waals surface area contributed by atoms with Crippen LogP contribution in [0.2, 0.25) is 0 Å². The molecule has 6 nitrogen and oxygen atoms in total. The summed E-state index contributed by atoms with van der Waals surface area (Å²) in [7, 11) is 3.47. The van der Waals surface area contributed by atoms with Gasteiger partial charge in [0.15, 0.2) is 0 Å². The molecule has 0 saturated heterocycles. The number of hydrogen-bond donors (Lipinski definition) is 1. The van der Waals surface area contributed by atoms with Crippen LogP contribution in [-0.2, 0) is 16.2 Å². The van der Waals surface area contributed by atoms with E-state index in [-0.39, 0.29) is 6.09 Å². The molecule has 34 heavy (non-hydrogen) atoms. The predicted octanol–water partition coefficient (Wildman–Crippen LogP) is 7.21. The monoisotopic (exact) mass is 538 g/mol. The normalized spacial score (nSPS) is 10.6. The average molecular weight is 539 g/mol. The molecular weight excluding hydrogens is 505 g/mol. The first-order valence-corrected chi connectivity index (χ1v) is 15.4. The van der Waals surface area contributed by atoms with Gasteiger partial charge in [-0.2, -0.15) is 28.8 Å². The number of rotatable bonds is 12. The summed E-state index contributed by atoms with van der Waals surface area (Å²) in [6, 6.07) is 9.97. The van der Waals surface area contributed by atoms with E-state index in [2.05, 4.69) is 34.3 Å². The summed E-state index contributed by atoms with van der Waals surface area (Å²) in [6.07, 6.45) is 4.51. The third-order valence-electron chi connectivity index (χ3n) is 3.66. The Balaban J connectivity index is 0.00000182. The van der Waals surface area contributed by atoms with Gasteiger partial charge < -0.3 is 10.1 Å². The first kappa shape index (κ1) is 30.5. The third kappa shape index (κ3) is 14.0. The molecule has 0 spiro atoms. The van der Waals surface area contributed by atoms with Crippen LogP contribution in [0.1, 0.15) is 52.4 Å². The Kier molecular flexibility index (Phi) is 16.0. The SMILES string of the molecule is CC#N.CCCSCc1ncccc1SSc1cccnc1CSCCNC(=O)OC(C)(C)C. The molecule has 2 rings (SSSR count). The fourth-order valence-electron chi connectivity index (χ4n) is 2.33. The third-order valence-corrected chi connectivity index (χ3v) is 8.32. The van der Waals surface area contributed by atoms with E-state index >= 15 is 0 Å². The number of ether oxygens (including phenoxy) is 1. The largest absolute Gasteiger partial charge is 0.444 e. The van der Waals surface area contributed by atoms with E-state index in [0.29, 0.717) is 6.54 Å². The van der Waals surface area contributed by atoms with Crippen molar-refractivity contribution in [3.05, 3.63) is 48.0 Å². The van der Waals surface area contributed by atoms with Crippen LogP contribution in [0.15, 0.2) is 46.5 Å². The van der Waals surface area contributed by atoms with Gasteiger partial charge in [0.2, 0.25) is 0 Å². The van der Waals surface area contributed by atoms with E-state index in [9.17, 15) is 4.79 Å². The lowest BCUT2D eigenvalue weighted by molar-refractivity contribution is 0.0531. The maximum absolute atomic E-state index is 11.7. The minimum Gasteiger partial charge on any atom is -0.444 e. The number of hydrogen-bond acceptors (Lipinski definition) is 9. The quantitative estimate of drug-likeness (QED) is 0.222. The highest BCUT2D eigenvalue weighted by molar-refractivity contribution is 8.76. The Morgan fingerprint density at radius 2 is 1.53 bits per heavy atom. The number of aromatic nitrogens is 2. The Morgan fingerprint density at radius 1 is 1.03 bits per heavy atom. The van der Waals surface area contributed by atoms with Crippen LogP contribution in [0.5, 0.6) is 0 Å². The molecule has 0 unspecified atom stereocenters. The molecule has 0 fully saturated rings. The van der Waals surface area contributed by atoms with Gasteiger partial charge in [-0.25, -0.2) is 4.79 Å². The van der Waals surface area contributed by atoms with Crippen molar-refractivity contribution in [2.24, 2.45) is 0 Å². The van der Waals surface area contributed by atoms with Crippen LogP contribution >= 0.6 is 45.1 Å². The van der Waals surface area contributed by atoms with E-state index in [1.165, 1.54) is 18.2 Å². The summed E-state index contributed by atoms with van der Waals surface area (Å²) in [5.41, 5.74) is 1.73. The van der Waals surface area contributed by atoms with E-state index in [1.54, 1.807) is 39.4 Å². The smallest absolute Gasteiger partial charge is 0.407 e. The van der Waals surface area contributed by atoms with Crippen molar-refractivity contribution in [3.8, 4) is 6.07 Å². The summed E-state index contributed by atoms with van der Waals surface area (Å²) in [6.45, 7) is 9.78. The van der Waals surface area contributed by atoms with E-state index < -0.39 is 5.60 Å². The van der Waals surface area contributed by atoms with E-state index in [4.69, 9.17) is 10.00 Å². The van der Waals surface area contributed by atoms with Gasteiger partial charge >= 0.3 is 6.09 Å². The number of thioether (sulfide) groups is 2. The van der Waals surface area contributed by atoms with Gasteiger partial charge in [0.1, 0.15) is 5.60 Å². The molecule has 2 aromatic rings. The van der Waals surface area contributed by atoms with Crippen molar-refractivity contribution in [1.82, 2.24) is 15.3 Å². The molecule has 0 saturated carbocycles. The van der Waals surface area contributed by atoms with Crippen molar-refractivity contribution >= 4 is 51.2 Å². The van der Waals surface area contributed by atoms with Crippen LogP contribution in [-0.4, -0.2) is 39.7 Å². The summed E-state index contributed by atoms with van der Waals surface area (Å²) in [4.78, 5) is 23.2. The standard InChI is InChI=1S/C22H31N3O2S4.C2H3N/c1-5-13-28-15-17-19(8-6-10-23-17)30-31-20-9-7-11-24-18(20)16-29-14-12-25-21(26)27-22(2,3)4;1-2-3/h6-11H,5,12-16H2,1-4H3,(H,25,26);1H3. The highest BCUT2D eigenvalue weighted by Crippen LogP contribution is 2.40. The Morgan fingerprint density at radius 3 is 2.00 bits per heavy atom. The molecule has 2 heterocycles. The number of nitrogens with one attached hydrogen (secondary N) is 1. The zero-order chi connectivity index (χ0) is 25.2. The van der Waals surface area contributed by atoms with Crippen LogP contribution in [0.25, 0.3) is 0 Å². The van der Waals surface area contributed by atoms with Crippen LogP contribution in [0.3, 0.4) is 0 Å². The second-order valence-corrected chi connectivity index (χ2v) is 12.2. The summed E-state index contributed by atoms with van der Waals surface area (Å²) < 4.78 is 5.25. The molecule has 186 valence electrons. The molecule has 0 aromatic carbocycles. The van der Waals surface area contributed by atoms with Gasteiger partial charge in [0, 0.05) is 52.9 Å². The van der Waals surface area contributed by atoms with Gasteiger partial charge in [-0.3, -0.25) is 9.97 Å². The predicted molar refractivity (Wildman–Crippen MR) is 148 cm³/mol. The second-order valence-electron chi connectivity index (χ2n) is 7.82. The summed E-state index contributed by atoms with van der Waals surface area (Å²) >= 11 is 3.67. The Labute approximate surface area is 220 Å². The van der Waals surface area contributed by atoms with Gasteiger partial charge in [0.25, 0.3) is 0 Å². The number of amides is 1. The van der Waals surface area contributed by atoms with E-state index in [0.717, 1.165) is 39.3 Å². The molecule has 2 aromatic heterocycles. The lowest BCUT2D eigenvalue weighted by atomic mass is 10.2. The van der Waals surface area contributed by atoms with Crippen molar-refractivity contribution < 1.29 is 9.53 Å². The van der Waals surface area contributed by atoms with Crippen molar-refractivity contribution in [2.45, 2.75) is 67.9 Å². The summed E-state index contributed by atoms with van der Waals surface area (Å²) in [5.74, 6) is 3.69. The van der Waals surface area contributed by atoms with Crippen LogP contribution in [0, 0.1) is 11.3 Å². The number of nitriles is 1. The summed E-state index contributed by atoms with van der Waals surface area (Å²) in [5, 5.41) is 10.1. The molecule has 0 aliphatic heterocycles. The van der Waals surface area contributed by atoms with Crippen molar-refractivity contribution in [3.63, 3.8) is 0 Å². The van der Waals surface area contributed by atoms with Crippen LogP contribution in [0.4, 0.5) is 4.79 Å².